The molecule has 1 aliphatic carbocycles. The fraction of sp³-hybridized carbons (Fsp3) is 0.683. The number of ketones is 1. The minimum absolute atomic E-state index is 0.000969. The van der Waals surface area contributed by atoms with Crippen LogP contribution in [0.1, 0.15) is 149 Å². The van der Waals surface area contributed by atoms with Gasteiger partial charge in [0.05, 0.1) is 30.5 Å². The Labute approximate surface area is 435 Å². The number of aliphatic hydroxyl groups is 4. The summed E-state index contributed by atoms with van der Waals surface area (Å²) >= 11 is 0. The van der Waals surface area contributed by atoms with E-state index in [0.29, 0.717) is 56.9 Å². The number of Topliss-reactive ketones (excluding diaryl/α,β-unsaturated/α-hetero) is 1. The molecule has 3 aliphatic heterocycles. The molecule has 5 N–H and O–H groups in total. The Hall–Kier alpha value is -3.95. The van der Waals surface area contributed by atoms with Crippen molar-refractivity contribution in [2.24, 2.45) is 41.4 Å². The molecule has 73 heavy (non-hydrogen) atoms. The van der Waals surface area contributed by atoms with E-state index in [1.54, 1.807) is 21.1 Å². The van der Waals surface area contributed by atoms with Gasteiger partial charge in [-0.2, -0.15) is 0 Å². The van der Waals surface area contributed by atoms with Crippen LogP contribution in [0.2, 0.25) is 0 Å². The van der Waals surface area contributed by atoms with Gasteiger partial charge in [-0.25, -0.2) is 4.79 Å². The first-order chi connectivity index (χ1) is 34.7. The van der Waals surface area contributed by atoms with Crippen LogP contribution in [0.3, 0.4) is 0 Å². The summed E-state index contributed by atoms with van der Waals surface area (Å²) in [5.41, 5.74) is 4.96. The van der Waals surface area contributed by atoms with Crippen molar-refractivity contribution in [3.8, 4) is 0 Å². The second-order valence-electron chi connectivity index (χ2n) is 22.9. The number of ether oxygens (including phenoxy) is 4. The highest BCUT2D eigenvalue weighted by molar-refractivity contribution is 6.39. The number of allylic oxidation sites excluding steroid dienone is 6. The van der Waals surface area contributed by atoms with Gasteiger partial charge in [-0.15, -0.1) is 0 Å². The number of piperidine rings is 1. The molecule has 3 fully saturated rings. The van der Waals surface area contributed by atoms with E-state index in [2.05, 4.69) is 70.0 Å². The van der Waals surface area contributed by atoms with Crippen molar-refractivity contribution in [1.82, 2.24) is 9.88 Å². The molecule has 17 atom stereocenters. The SMILES string of the molecule is CO[C@H]1[C@@H](C)[C@H](C)C[C@H](C)/C=C/C=C/C=C(\C)[C@@H](c2c[nH]c3c(C)cccc23)C[C@@H]2CC[C@@H](C)[C@@](O)(O2)C(=O)C(=O)N2CCCC[C@H]2C(=O)O[C@H]([C@H](C)C[C@@H]2CC[C@@H](O)[C@H](OC)C2)C[C@H](O)[C@H](C)/C=C(\C)[C@H]1O. The van der Waals surface area contributed by atoms with Crippen molar-refractivity contribution in [2.75, 3.05) is 20.8 Å². The summed E-state index contributed by atoms with van der Waals surface area (Å²) in [6.45, 7) is 18.2. The van der Waals surface area contributed by atoms with Gasteiger partial charge in [0, 0.05) is 62.0 Å². The number of nitrogens with zero attached hydrogens (tertiary/aromatic N) is 1. The summed E-state index contributed by atoms with van der Waals surface area (Å²) < 4.78 is 24.5. The van der Waals surface area contributed by atoms with Crippen LogP contribution in [0.15, 0.2) is 72.0 Å². The molecule has 4 heterocycles. The Morgan fingerprint density at radius 1 is 0.849 bits per heavy atom. The van der Waals surface area contributed by atoms with E-state index >= 15 is 0 Å². The first-order valence-electron chi connectivity index (χ1n) is 27.5. The van der Waals surface area contributed by atoms with Crippen molar-refractivity contribution < 1.29 is 53.8 Å². The number of aromatic nitrogens is 1. The van der Waals surface area contributed by atoms with E-state index in [0.717, 1.165) is 40.4 Å². The third-order valence-corrected chi connectivity index (χ3v) is 17.5. The largest absolute Gasteiger partial charge is 0.460 e. The van der Waals surface area contributed by atoms with Gasteiger partial charge in [0.2, 0.25) is 5.79 Å². The first kappa shape index (κ1) is 58.3. The number of aliphatic hydroxyl groups excluding tert-OH is 3. The lowest BCUT2D eigenvalue weighted by Gasteiger charge is -2.43. The number of hydrogen-bond acceptors (Lipinski definition) is 11. The molecular weight excluding hydrogens is 925 g/mol. The van der Waals surface area contributed by atoms with Crippen LogP contribution in [0.4, 0.5) is 0 Å². The molecule has 1 amide bonds. The van der Waals surface area contributed by atoms with Crippen LogP contribution in [0, 0.1) is 48.3 Å². The third kappa shape index (κ3) is 14.1. The number of benzene rings is 1. The summed E-state index contributed by atoms with van der Waals surface area (Å²) in [4.78, 5) is 48.6. The maximum atomic E-state index is 14.6. The molecule has 2 saturated heterocycles. The molecule has 2 aromatic rings. The molecule has 6 rings (SSSR count). The molecule has 0 unspecified atom stereocenters. The zero-order chi connectivity index (χ0) is 53.3. The maximum Gasteiger partial charge on any atom is 0.329 e. The second kappa shape index (κ2) is 26.2. The Kier molecular flexibility index (Phi) is 20.9. The fourth-order valence-corrected chi connectivity index (χ4v) is 12.4. The highest BCUT2D eigenvalue weighted by Gasteiger charge is 2.53. The van der Waals surface area contributed by atoms with Crippen LogP contribution in [0.25, 0.3) is 10.9 Å². The van der Waals surface area contributed by atoms with Gasteiger partial charge in [0.15, 0.2) is 0 Å². The van der Waals surface area contributed by atoms with E-state index in [1.807, 2.05) is 51.3 Å². The number of hydrogen-bond donors (Lipinski definition) is 5. The van der Waals surface area contributed by atoms with Crippen molar-refractivity contribution in [3.05, 3.63) is 83.1 Å². The summed E-state index contributed by atoms with van der Waals surface area (Å²) in [7, 11) is 3.23. The maximum absolute atomic E-state index is 14.6. The first-order valence-corrected chi connectivity index (χ1v) is 27.5. The zero-order valence-corrected chi connectivity index (χ0v) is 45.8. The number of para-hydroxylation sites is 1. The second-order valence-corrected chi connectivity index (χ2v) is 22.9. The van der Waals surface area contributed by atoms with Crippen molar-refractivity contribution in [3.63, 3.8) is 0 Å². The minimum atomic E-state index is -2.42. The molecule has 13 heteroatoms. The number of methoxy groups -OCH3 is 2. The number of cyclic esters (lactones) is 1. The van der Waals surface area contributed by atoms with E-state index in [1.165, 1.54) is 4.90 Å². The van der Waals surface area contributed by atoms with Gasteiger partial charge in [0.25, 0.3) is 11.7 Å². The van der Waals surface area contributed by atoms with E-state index in [4.69, 9.17) is 18.9 Å². The zero-order valence-electron chi connectivity index (χ0n) is 45.8. The fourth-order valence-electron chi connectivity index (χ4n) is 12.4. The number of aryl methyl sites for hydroxylation is 1. The summed E-state index contributed by atoms with van der Waals surface area (Å²) in [5.74, 6) is -6.08. The highest BCUT2D eigenvalue weighted by Crippen LogP contribution is 2.42. The molecule has 0 spiro atoms. The number of carbonyl (C=O) groups is 3. The lowest BCUT2D eigenvalue weighted by Crippen LogP contribution is -2.60. The predicted octanol–water partition coefficient (Wildman–Crippen LogP) is 9.60. The molecule has 0 radical (unpaired) electrons. The van der Waals surface area contributed by atoms with Gasteiger partial charge in [-0.1, -0.05) is 102 Å². The Balaban J connectivity index is 1.35. The van der Waals surface area contributed by atoms with Gasteiger partial charge in [-0.3, -0.25) is 9.59 Å². The topological polar surface area (TPSA) is 188 Å². The van der Waals surface area contributed by atoms with Crippen LogP contribution in [-0.4, -0.2) is 123 Å². The van der Waals surface area contributed by atoms with Gasteiger partial charge in [-0.05, 0) is 138 Å². The molecule has 406 valence electrons. The number of carbonyl (C=O) groups excluding carboxylic acids is 3. The lowest BCUT2D eigenvalue weighted by atomic mass is 9.78. The smallest absolute Gasteiger partial charge is 0.329 e. The number of amides is 1. The summed E-state index contributed by atoms with van der Waals surface area (Å²) in [6, 6.07) is 5.13. The number of rotatable bonds is 6. The number of nitrogens with one attached hydrogen (secondary N) is 1. The van der Waals surface area contributed by atoms with Crippen molar-refractivity contribution in [1.29, 1.82) is 0 Å². The summed E-state index contributed by atoms with van der Waals surface area (Å²) in [5, 5.41) is 47.8. The standard InChI is InChI=1S/C60H90N2O11/c1-35-18-13-12-14-19-36(2)47(48-34-61-54-37(3)20-17-21-46(48)54)32-45-25-23-42(8)60(69,73-45)57(66)58(67)62-27-16-15-22-49(62)59(68)72-52(40(6)30-44-24-26-50(63)53(31-44)70-10)33-51(64)39(5)29-41(7)55(65)56(71-11)43(9)38(4)28-35/h12-14,17-21,29,34-35,38-40,42-45,47,49-53,55-56,61,63-65,69H,15-16,22-28,30-33H2,1-11H3/b14-12+,18-13+,36-19+,41-29+/t35-,38-,39-,40-,42-,43+,44+,45+,47+,49+,50-,51+,52+,53-,55-,56+,60-/m1/s1. The number of fused-ring (bicyclic) bond motifs is 4. The summed E-state index contributed by atoms with van der Waals surface area (Å²) in [6.07, 6.45) is 16.2. The average molecular weight is 1020 g/mol. The molecule has 1 aromatic heterocycles. The molecule has 13 nitrogen and oxygen atoms in total. The number of esters is 1. The average Bonchev–Trinajstić information content (AvgIpc) is 3.81. The quantitative estimate of drug-likeness (QED) is 0.105. The Bertz CT molecular complexity index is 2280. The van der Waals surface area contributed by atoms with Gasteiger partial charge >= 0.3 is 5.97 Å². The van der Waals surface area contributed by atoms with Crippen molar-refractivity contribution >= 4 is 28.6 Å². The monoisotopic (exact) mass is 1010 g/mol. The molecule has 1 saturated carbocycles. The molecule has 1 aromatic carbocycles. The normalized spacial score (nSPS) is 39.4. The molecular formula is C60H90N2O11. The van der Waals surface area contributed by atoms with Crippen molar-refractivity contribution in [2.45, 2.75) is 200 Å². The Morgan fingerprint density at radius 3 is 2.33 bits per heavy atom. The number of aromatic amines is 1. The van der Waals surface area contributed by atoms with Crippen LogP contribution >= 0.6 is 0 Å². The third-order valence-electron chi connectivity index (χ3n) is 17.5. The number of H-pyrrole nitrogens is 1. The molecule has 4 aliphatic rings. The lowest BCUT2D eigenvalue weighted by molar-refractivity contribution is -0.264. The molecule has 2 bridgehead atoms. The van der Waals surface area contributed by atoms with Gasteiger partial charge < -0.3 is 49.3 Å². The Morgan fingerprint density at radius 2 is 1.60 bits per heavy atom. The van der Waals surface area contributed by atoms with Crippen LogP contribution in [0.5, 0.6) is 0 Å². The van der Waals surface area contributed by atoms with Crippen LogP contribution in [-0.2, 0) is 33.3 Å². The van der Waals surface area contributed by atoms with Crippen LogP contribution < -0.4 is 0 Å². The highest BCUT2D eigenvalue weighted by atomic mass is 16.6. The van der Waals surface area contributed by atoms with E-state index in [-0.39, 0.29) is 61.0 Å². The van der Waals surface area contributed by atoms with E-state index < -0.39 is 77.9 Å². The van der Waals surface area contributed by atoms with Gasteiger partial charge in [0.1, 0.15) is 18.2 Å². The minimum Gasteiger partial charge on any atom is -0.460 e. The van der Waals surface area contributed by atoms with E-state index in [9.17, 15) is 34.8 Å². The predicted molar refractivity (Wildman–Crippen MR) is 285 cm³/mol.